The second kappa shape index (κ2) is 6.88. The Labute approximate surface area is 147 Å². The number of hydrogen-bond acceptors (Lipinski definition) is 4. The van der Waals surface area contributed by atoms with Gasteiger partial charge < -0.3 is 15.4 Å². The molecule has 2 aliphatic rings. The van der Waals surface area contributed by atoms with Crippen LogP contribution in [0.4, 0.5) is 0 Å². The third-order valence-electron chi connectivity index (χ3n) is 5.31. The number of nitrogens with one attached hydrogen (secondary N) is 2. The summed E-state index contributed by atoms with van der Waals surface area (Å²) >= 11 is 0. The Morgan fingerprint density at radius 3 is 3.12 bits per heavy atom. The normalized spacial score (nSPS) is 25.2. The average molecular weight is 340 g/mol. The fraction of sp³-hybridized carbons (Fsp3) is 0.474. The summed E-state index contributed by atoms with van der Waals surface area (Å²) in [6.45, 7) is 2.91. The summed E-state index contributed by atoms with van der Waals surface area (Å²) in [4.78, 5) is 12.8. The van der Waals surface area contributed by atoms with Crippen molar-refractivity contribution in [1.29, 1.82) is 0 Å². The molecule has 25 heavy (non-hydrogen) atoms. The highest BCUT2D eigenvalue weighted by Gasteiger charge is 2.35. The van der Waals surface area contributed by atoms with Crippen LogP contribution in [0.25, 0.3) is 0 Å². The summed E-state index contributed by atoms with van der Waals surface area (Å²) in [6.07, 6.45) is 4.81. The van der Waals surface area contributed by atoms with Gasteiger partial charge >= 0.3 is 0 Å². The molecule has 3 atom stereocenters. The number of nitrogens with zero attached hydrogens (tertiary/aromatic N) is 2. The standard InChI is InChI=1S/C19H24N4O2/c1-23-12-14(9-22-23)16-10-20-11-17(16)19(24)21-8-13-6-7-25-18-5-3-2-4-15(13)18/h2-5,9,12-13,16-17,20H,6-8,10-11H2,1H3,(H,21,24)/t13?,16-,17+/m1/s1. The van der Waals surface area contributed by atoms with Crippen LogP contribution in [0.3, 0.4) is 0 Å². The van der Waals surface area contributed by atoms with Gasteiger partial charge in [-0.05, 0) is 23.6 Å². The molecule has 4 rings (SSSR count). The molecule has 0 saturated carbocycles. The number of aromatic nitrogens is 2. The molecule has 0 bridgehead atoms. The molecule has 1 aromatic heterocycles. The second-order valence-corrected chi connectivity index (χ2v) is 6.94. The minimum absolute atomic E-state index is 0.0423. The monoisotopic (exact) mass is 340 g/mol. The minimum atomic E-state index is -0.0423. The Hall–Kier alpha value is -2.34. The molecule has 2 N–H and O–H groups in total. The van der Waals surface area contributed by atoms with Crippen molar-refractivity contribution in [2.24, 2.45) is 13.0 Å². The van der Waals surface area contributed by atoms with Gasteiger partial charge in [-0.15, -0.1) is 0 Å². The lowest BCUT2D eigenvalue weighted by atomic mass is 9.89. The first-order valence-electron chi connectivity index (χ1n) is 8.91. The van der Waals surface area contributed by atoms with E-state index < -0.39 is 0 Å². The van der Waals surface area contributed by atoms with Gasteiger partial charge in [0, 0.05) is 44.7 Å². The Balaban J connectivity index is 1.41. The maximum absolute atomic E-state index is 12.8. The lowest BCUT2D eigenvalue weighted by molar-refractivity contribution is -0.124. The summed E-state index contributed by atoms with van der Waals surface area (Å²) in [7, 11) is 1.91. The van der Waals surface area contributed by atoms with Crippen molar-refractivity contribution >= 4 is 5.91 Å². The van der Waals surface area contributed by atoms with E-state index in [1.165, 1.54) is 5.56 Å². The van der Waals surface area contributed by atoms with Crippen LogP contribution in [0.1, 0.15) is 29.4 Å². The number of aryl methyl sites for hydroxylation is 1. The molecule has 132 valence electrons. The molecule has 2 aromatic rings. The molecule has 6 nitrogen and oxygen atoms in total. The average Bonchev–Trinajstić information content (AvgIpc) is 3.28. The fourth-order valence-corrected chi connectivity index (χ4v) is 3.92. The van der Waals surface area contributed by atoms with Crippen LogP contribution in [-0.4, -0.2) is 41.9 Å². The van der Waals surface area contributed by atoms with Gasteiger partial charge in [0.2, 0.25) is 5.91 Å². The molecular formula is C19H24N4O2. The zero-order valence-electron chi connectivity index (χ0n) is 14.4. The zero-order valence-corrected chi connectivity index (χ0v) is 14.4. The second-order valence-electron chi connectivity index (χ2n) is 6.94. The van der Waals surface area contributed by atoms with Gasteiger partial charge in [-0.25, -0.2) is 0 Å². The molecule has 1 amide bonds. The third kappa shape index (κ3) is 3.26. The maximum Gasteiger partial charge on any atom is 0.225 e. The summed E-state index contributed by atoms with van der Waals surface area (Å²) in [5.41, 5.74) is 2.33. The number of fused-ring (bicyclic) bond motifs is 1. The molecule has 6 heteroatoms. The molecule has 0 radical (unpaired) electrons. The Bertz CT molecular complexity index is 757. The van der Waals surface area contributed by atoms with Crippen molar-refractivity contribution in [3.63, 3.8) is 0 Å². The summed E-state index contributed by atoms with van der Waals surface area (Å²) in [5.74, 6) is 1.54. The quantitative estimate of drug-likeness (QED) is 0.883. The number of carbonyl (C=O) groups is 1. The van der Waals surface area contributed by atoms with Crippen molar-refractivity contribution < 1.29 is 9.53 Å². The van der Waals surface area contributed by atoms with E-state index in [9.17, 15) is 4.79 Å². The van der Waals surface area contributed by atoms with Crippen LogP contribution in [0.2, 0.25) is 0 Å². The summed E-state index contributed by atoms with van der Waals surface area (Å²) in [5, 5.41) is 10.8. The van der Waals surface area contributed by atoms with Crippen molar-refractivity contribution in [2.45, 2.75) is 18.3 Å². The molecule has 3 heterocycles. The van der Waals surface area contributed by atoms with Crippen LogP contribution < -0.4 is 15.4 Å². The highest BCUT2D eigenvalue weighted by atomic mass is 16.5. The summed E-state index contributed by atoms with van der Waals surface area (Å²) < 4.78 is 7.50. The third-order valence-corrected chi connectivity index (χ3v) is 5.31. The maximum atomic E-state index is 12.8. The molecule has 0 spiro atoms. The first-order valence-corrected chi connectivity index (χ1v) is 8.91. The molecular weight excluding hydrogens is 316 g/mol. The SMILES string of the molecule is Cn1cc([C@H]2CNC[C@@H]2C(=O)NCC2CCOc3ccccc32)cn1. The number of carbonyl (C=O) groups excluding carboxylic acids is 1. The van der Waals surface area contributed by atoms with Gasteiger partial charge in [-0.3, -0.25) is 9.48 Å². The number of ether oxygens (including phenoxy) is 1. The molecule has 1 saturated heterocycles. The van der Waals surface area contributed by atoms with E-state index in [0.29, 0.717) is 19.1 Å². The van der Waals surface area contributed by atoms with Gasteiger partial charge in [0.05, 0.1) is 18.7 Å². The predicted molar refractivity (Wildman–Crippen MR) is 94.6 cm³/mol. The summed E-state index contributed by atoms with van der Waals surface area (Å²) in [6, 6.07) is 8.12. The Morgan fingerprint density at radius 2 is 2.28 bits per heavy atom. The van der Waals surface area contributed by atoms with Crippen molar-refractivity contribution in [3.8, 4) is 5.75 Å². The smallest absolute Gasteiger partial charge is 0.225 e. The highest BCUT2D eigenvalue weighted by molar-refractivity contribution is 5.80. The molecule has 2 aliphatic heterocycles. The van der Waals surface area contributed by atoms with E-state index in [4.69, 9.17) is 4.74 Å². The van der Waals surface area contributed by atoms with Crippen molar-refractivity contribution in [3.05, 3.63) is 47.8 Å². The molecule has 1 fully saturated rings. The lowest BCUT2D eigenvalue weighted by Gasteiger charge is -2.27. The zero-order chi connectivity index (χ0) is 17.2. The largest absolute Gasteiger partial charge is 0.493 e. The minimum Gasteiger partial charge on any atom is -0.493 e. The van der Waals surface area contributed by atoms with Crippen molar-refractivity contribution in [2.75, 3.05) is 26.2 Å². The van der Waals surface area contributed by atoms with Gasteiger partial charge in [-0.2, -0.15) is 5.10 Å². The number of para-hydroxylation sites is 1. The van der Waals surface area contributed by atoms with Crippen LogP contribution in [-0.2, 0) is 11.8 Å². The van der Waals surface area contributed by atoms with Gasteiger partial charge in [-0.1, -0.05) is 18.2 Å². The number of amides is 1. The van der Waals surface area contributed by atoms with Crippen molar-refractivity contribution in [1.82, 2.24) is 20.4 Å². The van der Waals surface area contributed by atoms with E-state index in [-0.39, 0.29) is 17.7 Å². The van der Waals surface area contributed by atoms with E-state index in [1.807, 2.05) is 37.6 Å². The molecule has 0 aliphatic carbocycles. The highest BCUT2D eigenvalue weighted by Crippen LogP contribution is 2.33. The molecule has 1 aromatic carbocycles. The topological polar surface area (TPSA) is 68.2 Å². The van der Waals surface area contributed by atoms with E-state index in [0.717, 1.165) is 30.8 Å². The number of benzene rings is 1. The van der Waals surface area contributed by atoms with Gasteiger partial charge in [0.1, 0.15) is 5.75 Å². The van der Waals surface area contributed by atoms with Crippen LogP contribution in [0, 0.1) is 5.92 Å². The Morgan fingerprint density at radius 1 is 1.40 bits per heavy atom. The van der Waals surface area contributed by atoms with E-state index in [1.54, 1.807) is 4.68 Å². The van der Waals surface area contributed by atoms with Gasteiger partial charge in [0.15, 0.2) is 0 Å². The number of hydrogen-bond donors (Lipinski definition) is 2. The first-order chi connectivity index (χ1) is 12.2. The predicted octanol–water partition coefficient (Wildman–Crippen LogP) is 1.41. The Kier molecular flexibility index (Phi) is 4.44. The van der Waals surface area contributed by atoms with Gasteiger partial charge in [0.25, 0.3) is 0 Å². The fourth-order valence-electron chi connectivity index (χ4n) is 3.92. The first kappa shape index (κ1) is 16.1. The van der Waals surface area contributed by atoms with E-state index in [2.05, 4.69) is 21.8 Å². The molecule has 1 unspecified atom stereocenters. The van der Waals surface area contributed by atoms with Crippen LogP contribution >= 0.6 is 0 Å². The lowest BCUT2D eigenvalue weighted by Crippen LogP contribution is -2.37. The number of rotatable bonds is 4. The van der Waals surface area contributed by atoms with E-state index >= 15 is 0 Å². The van der Waals surface area contributed by atoms with Crippen LogP contribution in [0.15, 0.2) is 36.7 Å². The van der Waals surface area contributed by atoms with Crippen LogP contribution in [0.5, 0.6) is 5.75 Å².